The first kappa shape index (κ1) is 12.4. The van der Waals surface area contributed by atoms with E-state index in [4.69, 9.17) is 4.74 Å². The molecule has 1 aliphatic rings. The topological polar surface area (TPSA) is 52.1 Å². The number of carbonyl (C=O) groups is 1. The SMILES string of the molecule is Cc1nc(S[C@@H]2C[C@@H](C)OC2=O)nc(C)c1C. The first-order valence-corrected chi connectivity index (χ1v) is 6.54. The molecule has 5 heteroatoms. The zero-order valence-electron chi connectivity index (χ0n) is 10.5. The quantitative estimate of drug-likeness (QED) is 0.596. The van der Waals surface area contributed by atoms with E-state index in [9.17, 15) is 4.79 Å². The predicted octanol–water partition coefficient (Wildman–Crippen LogP) is 2.20. The van der Waals surface area contributed by atoms with Crippen LogP contribution < -0.4 is 0 Å². The monoisotopic (exact) mass is 252 g/mol. The molecule has 0 spiro atoms. The summed E-state index contributed by atoms with van der Waals surface area (Å²) in [5, 5.41) is 0.508. The van der Waals surface area contributed by atoms with Gasteiger partial charge in [-0.15, -0.1) is 0 Å². The molecule has 17 heavy (non-hydrogen) atoms. The lowest BCUT2D eigenvalue weighted by atomic mass is 10.2. The van der Waals surface area contributed by atoms with Crippen LogP contribution in [-0.2, 0) is 9.53 Å². The molecule has 0 radical (unpaired) electrons. The zero-order valence-corrected chi connectivity index (χ0v) is 11.3. The minimum Gasteiger partial charge on any atom is -0.462 e. The number of esters is 1. The van der Waals surface area contributed by atoms with E-state index in [1.54, 1.807) is 0 Å². The van der Waals surface area contributed by atoms with E-state index >= 15 is 0 Å². The Labute approximate surface area is 105 Å². The number of hydrogen-bond acceptors (Lipinski definition) is 5. The predicted molar refractivity (Wildman–Crippen MR) is 66.1 cm³/mol. The van der Waals surface area contributed by atoms with Crippen LogP contribution in [0.1, 0.15) is 30.3 Å². The standard InChI is InChI=1S/C12H16N2O2S/c1-6-5-10(11(15)16-6)17-12-13-8(3)7(2)9(4)14-12/h6,10H,5H2,1-4H3/t6-,10-/m1/s1. The summed E-state index contributed by atoms with van der Waals surface area (Å²) >= 11 is 1.40. The summed E-state index contributed by atoms with van der Waals surface area (Å²) in [5.41, 5.74) is 3.05. The summed E-state index contributed by atoms with van der Waals surface area (Å²) in [7, 11) is 0. The van der Waals surface area contributed by atoms with Crippen molar-refractivity contribution >= 4 is 17.7 Å². The van der Waals surface area contributed by atoms with E-state index in [0.717, 1.165) is 23.4 Å². The molecule has 1 aromatic heterocycles. The molecule has 1 aromatic rings. The lowest BCUT2D eigenvalue weighted by Crippen LogP contribution is -2.11. The molecule has 4 nitrogen and oxygen atoms in total. The van der Waals surface area contributed by atoms with E-state index < -0.39 is 0 Å². The molecular formula is C12H16N2O2S. The van der Waals surface area contributed by atoms with E-state index in [1.165, 1.54) is 11.8 Å². The number of nitrogens with zero attached hydrogens (tertiary/aromatic N) is 2. The van der Waals surface area contributed by atoms with Crippen LogP contribution in [0.15, 0.2) is 5.16 Å². The molecule has 0 aliphatic carbocycles. The second-order valence-electron chi connectivity index (χ2n) is 4.39. The Kier molecular flexibility index (Phi) is 3.38. The van der Waals surface area contributed by atoms with Crippen LogP contribution in [0.25, 0.3) is 0 Å². The molecule has 2 atom stereocenters. The lowest BCUT2D eigenvalue weighted by Gasteiger charge is -2.08. The highest BCUT2D eigenvalue weighted by Crippen LogP contribution is 2.30. The molecule has 0 saturated carbocycles. The van der Waals surface area contributed by atoms with Crippen molar-refractivity contribution in [1.29, 1.82) is 0 Å². The summed E-state index contributed by atoms with van der Waals surface area (Å²) in [6.45, 7) is 7.84. The molecule has 1 saturated heterocycles. The van der Waals surface area contributed by atoms with Gasteiger partial charge in [0.1, 0.15) is 11.4 Å². The van der Waals surface area contributed by atoms with Crippen molar-refractivity contribution in [2.45, 2.75) is 50.6 Å². The van der Waals surface area contributed by atoms with Gasteiger partial charge < -0.3 is 4.74 Å². The van der Waals surface area contributed by atoms with Crippen molar-refractivity contribution in [1.82, 2.24) is 9.97 Å². The Hall–Kier alpha value is -1.10. The van der Waals surface area contributed by atoms with Gasteiger partial charge in [0, 0.05) is 17.8 Å². The van der Waals surface area contributed by atoms with Gasteiger partial charge in [-0.3, -0.25) is 4.79 Å². The third-order valence-electron chi connectivity index (χ3n) is 2.99. The Morgan fingerprint density at radius 2 is 1.82 bits per heavy atom. The molecule has 2 heterocycles. The molecular weight excluding hydrogens is 236 g/mol. The summed E-state index contributed by atoms with van der Waals surface area (Å²) in [6.07, 6.45) is 0.742. The van der Waals surface area contributed by atoms with E-state index in [1.807, 2.05) is 27.7 Å². The normalized spacial score (nSPS) is 23.9. The first-order valence-electron chi connectivity index (χ1n) is 5.66. The number of carbonyl (C=O) groups excluding carboxylic acids is 1. The summed E-state index contributed by atoms with van der Waals surface area (Å²) in [6, 6.07) is 0. The van der Waals surface area contributed by atoms with Crippen molar-refractivity contribution in [3.8, 4) is 0 Å². The molecule has 0 aromatic carbocycles. The third-order valence-corrected chi connectivity index (χ3v) is 4.05. The number of hydrogen-bond donors (Lipinski definition) is 0. The molecule has 0 unspecified atom stereocenters. The molecule has 1 fully saturated rings. The fraction of sp³-hybridized carbons (Fsp3) is 0.583. The van der Waals surface area contributed by atoms with Crippen molar-refractivity contribution in [2.75, 3.05) is 0 Å². The van der Waals surface area contributed by atoms with E-state index in [-0.39, 0.29) is 17.3 Å². The Balaban J connectivity index is 2.17. The highest BCUT2D eigenvalue weighted by molar-refractivity contribution is 8.00. The van der Waals surface area contributed by atoms with Gasteiger partial charge in [-0.25, -0.2) is 9.97 Å². The maximum absolute atomic E-state index is 11.5. The van der Waals surface area contributed by atoms with Gasteiger partial charge in [-0.1, -0.05) is 11.8 Å². The number of aromatic nitrogens is 2. The Bertz CT molecular complexity index is 439. The van der Waals surface area contributed by atoms with Crippen molar-refractivity contribution in [3.05, 3.63) is 17.0 Å². The fourth-order valence-corrected chi connectivity index (χ4v) is 2.89. The van der Waals surface area contributed by atoms with E-state index in [0.29, 0.717) is 5.16 Å². The second-order valence-corrected chi connectivity index (χ2v) is 5.56. The van der Waals surface area contributed by atoms with Crippen molar-refractivity contribution in [3.63, 3.8) is 0 Å². The van der Waals surface area contributed by atoms with E-state index in [2.05, 4.69) is 9.97 Å². The Morgan fingerprint density at radius 1 is 1.24 bits per heavy atom. The smallest absolute Gasteiger partial charge is 0.319 e. The molecule has 92 valence electrons. The molecule has 1 aliphatic heterocycles. The van der Waals surface area contributed by atoms with Crippen molar-refractivity contribution in [2.24, 2.45) is 0 Å². The minimum absolute atomic E-state index is 0.00708. The third kappa shape index (κ3) is 2.60. The number of aryl methyl sites for hydroxylation is 2. The maximum Gasteiger partial charge on any atom is 0.319 e. The number of ether oxygens (including phenoxy) is 1. The van der Waals surface area contributed by atoms with Gasteiger partial charge in [-0.05, 0) is 33.3 Å². The largest absolute Gasteiger partial charge is 0.462 e. The van der Waals surface area contributed by atoms with Gasteiger partial charge in [-0.2, -0.15) is 0 Å². The van der Waals surface area contributed by atoms with Gasteiger partial charge in [0.25, 0.3) is 0 Å². The van der Waals surface area contributed by atoms with Crippen LogP contribution in [0.3, 0.4) is 0 Å². The number of cyclic esters (lactones) is 1. The van der Waals surface area contributed by atoms with Crippen LogP contribution in [0.5, 0.6) is 0 Å². The zero-order chi connectivity index (χ0) is 12.6. The second kappa shape index (κ2) is 4.64. The van der Waals surface area contributed by atoms with Crippen LogP contribution >= 0.6 is 11.8 Å². The molecule has 0 amide bonds. The highest BCUT2D eigenvalue weighted by atomic mass is 32.2. The van der Waals surface area contributed by atoms with Crippen LogP contribution in [0, 0.1) is 20.8 Å². The van der Waals surface area contributed by atoms with Gasteiger partial charge in [0.15, 0.2) is 5.16 Å². The maximum atomic E-state index is 11.5. The van der Waals surface area contributed by atoms with Crippen LogP contribution in [-0.4, -0.2) is 27.3 Å². The fourth-order valence-electron chi connectivity index (χ4n) is 1.74. The van der Waals surface area contributed by atoms with Crippen molar-refractivity contribution < 1.29 is 9.53 Å². The minimum atomic E-state index is -0.161. The Morgan fingerprint density at radius 3 is 2.29 bits per heavy atom. The molecule has 0 N–H and O–H groups in total. The lowest BCUT2D eigenvalue weighted by molar-refractivity contribution is -0.140. The van der Waals surface area contributed by atoms with Crippen LogP contribution in [0.4, 0.5) is 0 Å². The summed E-state index contributed by atoms with van der Waals surface area (Å²) in [4.78, 5) is 20.3. The summed E-state index contributed by atoms with van der Waals surface area (Å²) < 4.78 is 5.11. The van der Waals surface area contributed by atoms with Gasteiger partial charge in [0.05, 0.1) is 0 Å². The van der Waals surface area contributed by atoms with Gasteiger partial charge in [0.2, 0.25) is 0 Å². The molecule has 2 rings (SSSR count). The summed E-state index contributed by atoms with van der Waals surface area (Å²) in [5.74, 6) is -0.151. The average molecular weight is 252 g/mol. The number of thioether (sulfide) groups is 1. The number of rotatable bonds is 2. The highest BCUT2D eigenvalue weighted by Gasteiger charge is 2.33. The van der Waals surface area contributed by atoms with Crippen LogP contribution in [0.2, 0.25) is 0 Å². The van der Waals surface area contributed by atoms with Gasteiger partial charge >= 0.3 is 5.97 Å². The first-order chi connectivity index (χ1) is 7.97. The molecule has 0 bridgehead atoms. The average Bonchev–Trinajstić information content (AvgIpc) is 2.54.